The van der Waals surface area contributed by atoms with Crippen molar-refractivity contribution in [3.8, 4) is 11.5 Å². The zero-order chi connectivity index (χ0) is 18.9. The van der Waals surface area contributed by atoms with Crippen LogP contribution in [0.15, 0.2) is 41.3 Å². The first-order valence-corrected chi connectivity index (χ1v) is 9.47. The molecule has 26 heavy (non-hydrogen) atoms. The highest BCUT2D eigenvalue weighted by atomic mass is 32.2. The van der Waals surface area contributed by atoms with Crippen molar-refractivity contribution in [1.82, 2.24) is 4.31 Å². The van der Waals surface area contributed by atoms with E-state index >= 15 is 0 Å². The van der Waals surface area contributed by atoms with Gasteiger partial charge < -0.3 is 14.8 Å². The fourth-order valence-electron chi connectivity index (χ4n) is 2.54. The van der Waals surface area contributed by atoms with Crippen LogP contribution in [0.2, 0.25) is 0 Å². The summed E-state index contributed by atoms with van der Waals surface area (Å²) in [5, 5.41) is 2.77. The van der Waals surface area contributed by atoms with Gasteiger partial charge in [0.1, 0.15) is 13.2 Å². The van der Waals surface area contributed by atoms with Crippen molar-refractivity contribution < 1.29 is 22.7 Å². The number of amides is 1. The highest BCUT2D eigenvalue weighted by Gasteiger charge is 2.20. The van der Waals surface area contributed by atoms with Crippen LogP contribution in [0, 0.1) is 6.92 Å². The monoisotopic (exact) mass is 376 g/mol. The molecule has 1 heterocycles. The van der Waals surface area contributed by atoms with Crippen LogP contribution in [0.5, 0.6) is 11.5 Å². The number of ether oxygens (including phenoxy) is 2. The quantitative estimate of drug-likeness (QED) is 0.885. The molecule has 2 aromatic rings. The van der Waals surface area contributed by atoms with Gasteiger partial charge in [-0.3, -0.25) is 4.79 Å². The summed E-state index contributed by atoms with van der Waals surface area (Å²) in [7, 11) is -0.721. The molecule has 0 spiro atoms. The van der Waals surface area contributed by atoms with Crippen molar-refractivity contribution in [2.24, 2.45) is 0 Å². The lowest BCUT2D eigenvalue weighted by molar-refractivity contribution is 0.102. The zero-order valence-electron chi connectivity index (χ0n) is 14.8. The summed E-state index contributed by atoms with van der Waals surface area (Å²) < 4.78 is 36.7. The van der Waals surface area contributed by atoms with Gasteiger partial charge in [0.15, 0.2) is 11.5 Å². The van der Waals surface area contributed by atoms with Gasteiger partial charge in [0.05, 0.1) is 4.90 Å². The average Bonchev–Trinajstić information content (AvgIpc) is 2.61. The maximum absolute atomic E-state index is 12.7. The molecule has 0 aromatic heterocycles. The largest absolute Gasteiger partial charge is 0.486 e. The van der Waals surface area contributed by atoms with Crippen molar-refractivity contribution in [2.75, 3.05) is 32.6 Å². The first-order chi connectivity index (χ1) is 12.3. The van der Waals surface area contributed by atoms with Gasteiger partial charge in [0.25, 0.3) is 5.91 Å². The number of fused-ring (bicyclic) bond motifs is 1. The topological polar surface area (TPSA) is 84.9 Å². The molecular weight excluding hydrogens is 356 g/mol. The third-order valence-electron chi connectivity index (χ3n) is 4.03. The standard InChI is InChI=1S/C18H20N2O5S/c1-12-4-6-14(26(22,23)20(2)3)11-15(12)18(21)19-13-5-7-16-17(10-13)25-9-8-24-16/h4-7,10-11H,8-9H2,1-3H3,(H,19,21). The fraction of sp³-hybridized carbons (Fsp3) is 0.278. The molecule has 1 amide bonds. The van der Waals surface area contributed by atoms with Gasteiger partial charge in [-0.25, -0.2) is 12.7 Å². The molecule has 0 fully saturated rings. The van der Waals surface area contributed by atoms with Crippen molar-refractivity contribution in [1.29, 1.82) is 0 Å². The van der Waals surface area contributed by atoms with Crippen LogP contribution < -0.4 is 14.8 Å². The lowest BCUT2D eigenvalue weighted by atomic mass is 10.1. The molecule has 0 saturated heterocycles. The van der Waals surface area contributed by atoms with E-state index < -0.39 is 15.9 Å². The molecule has 8 heteroatoms. The van der Waals surface area contributed by atoms with Crippen molar-refractivity contribution in [3.05, 3.63) is 47.5 Å². The number of nitrogens with zero attached hydrogens (tertiary/aromatic N) is 1. The maximum Gasteiger partial charge on any atom is 0.255 e. The highest BCUT2D eigenvalue weighted by molar-refractivity contribution is 7.89. The Morgan fingerprint density at radius 3 is 2.42 bits per heavy atom. The van der Waals surface area contributed by atoms with Gasteiger partial charge in [-0.1, -0.05) is 6.07 Å². The van der Waals surface area contributed by atoms with E-state index in [0.29, 0.717) is 41.5 Å². The molecule has 0 bridgehead atoms. The number of carbonyl (C=O) groups excluding carboxylic acids is 1. The average molecular weight is 376 g/mol. The number of anilines is 1. The number of rotatable bonds is 4. The molecule has 138 valence electrons. The SMILES string of the molecule is Cc1ccc(S(=O)(=O)N(C)C)cc1C(=O)Nc1ccc2c(c1)OCCO2. The normalized spacial score (nSPS) is 13.5. The van der Waals surface area contributed by atoms with E-state index in [1.807, 2.05) is 0 Å². The Hall–Kier alpha value is -2.58. The second-order valence-corrected chi connectivity index (χ2v) is 8.23. The van der Waals surface area contributed by atoms with Gasteiger partial charge >= 0.3 is 0 Å². The van der Waals surface area contributed by atoms with Gasteiger partial charge in [-0.2, -0.15) is 0 Å². The molecule has 1 aliphatic rings. The Kier molecular flexibility index (Phi) is 4.88. The fourth-order valence-corrected chi connectivity index (χ4v) is 3.46. The van der Waals surface area contributed by atoms with Crippen LogP contribution in [0.25, 0.3) is 0 Å². The summed E-state index contributed by atoms with van der Waals surface area (Å²) in [6.45, 7) is 2.70. The van der Waals surface area contributed by atoms with Crippen LogP contribution in [-0.4, -0.2) is 45.9 Å². The molecule has 0 atom stereocenters. The molecule has 0 aliphatic carbocycles. The van der Waals surface area contributed by atoms with E-state index in [0.717, 1.165) is 4.31 Å². The third-order valence-corrected chi connectivity index (χ3v) is 5.84. The van der Waals surface area contributed by atoms with Gasteiger partial charge in [-0.15, -0.1) is 0 Å². The Bertz CT molecular complexity index is 954. The van der Waals surface area contributed by atoms with E-state index in [4.69, 9.17) is 9.47 Å². The van der Waals surface area contributed by atoms with Crippen LogP contribution in [-0.2, 0) is 10.0 Å². The van der Waals surface area contributed by atoms with Crippen molar-refractivity contribution in [3.63, 3.8) is 0 Å². The van der Waals surface area contributed by atoms with Gasteiger partial charge in [0.2, 0.25) is 10.0 Å². The Labute approximate surface area is 152 Å². The number of benzene rings is 2. The second-order valence-electron chi connectivity index (χ2n) is 6.08. The minimum absolute atomic E-state index is 0.0698. The van der Waals surface area contributed by atoms with Gasteiger partial charge in [-0.05, 0) is 36.8 Å². The van der Waals surface area contributed by atoms with E-state index in [2.05, 4.69) is 5.32 Å². The second kappa shape index (κ2) is 6.97. The predicted molar refractivity (Wildman–Crippen MR) is 97.4 cm³/mol. The Morgan fingerprint density at radius 1 is 1.04 bits per heavy atom. The highest BCUT2D eigenvalue weighted by Crippen LogP contribution is 2.32. The minimum Gasteiger partial charge on any atom is -0.486 e. The number of nitrogens with one attached hydrogen (secondary N) is 1. The minimum atomic E-state index is -3.62. The van der Waals surface area contributed by atoms with E-state index in [9.17, 15) is 13.2 Å². The van der Waals surface area contributed by atoms with Crippen LogP contribution in [0.3, 0.4) is 0 Å². The first-order valence-electron chi connectivity index (χ1n) is 8.03. The number of aryl methyl sites for hydroxylation is 1. The summed E-state index contributed by atoms with van der Waals surface area (Å²) >= 11 is 0. The van der Waals surface area contributed by atoms with Crippen LogP contribution in [0.1, 0.15) is 15.9 Å². The molecule has 0 unspecified atom stereocenters. The van der Waals surface area contributed by atoms with Crippen molar-refractivity contribution in [2.45, 2.75) is 11.8 Å². The van der Waals surface area contributed by atoms with Gasteiger partial charge in [0, 0.05) is 31.4 Å². The first kappa shape index (κ1) is 18.2. The summed E-state index contributed by atoms with van der Waals surface area (Å²) in [5.41, 5.74) is 1.51. The molecule has 2 aromatic carbocycles. The van der Waals surface area contributed by atoms with E-state index in [1.54, 1.807) is 31.2 Å². The smallest absolute Gasteiger partial charge is 0.255 e. The molecule has 3 rings (SSSR count). The van der Waals surface area contributed by atoms with E-state index in [1.165, 1.54) is 26.2 Å². The van der Waals surface area contributed by atoms with Crippen LogP contribution in [0.4, 0.5) is 5.69 Å². The van der Waals surface area contributed by atoms with Crippen molar-refractivity contribution >= 4 is 21.6 Å². The summed E-state index contributed by atoms with van der Waals surface area (Å²) in [6.07, 6.45) is 0. The number of hydrogen-bond acceptors (Lipinski definition) is 5. The summed E-state index contributed by atoms with van der Waals surface area (Å²) in [5.74, 6) is 0.800. The maximum atomic E-state index is 12.7. The third kappa shape index (κ3) is 3.51. The Morgan fingerprint density at radius 2 is 1.73 bits per heavy atom. The Balaban J connectivity index is 1.88. The zero-order valence-corrected chi connectivity index (χ0v) is 15.6. The molecule has 0 saturated carbocycles. The number of sulfonamides is 1. The number of hydrogen-bond donors (Lipinski definition) is 1. The van der Waals surface area contributed by atoms with E-state index in [-0.39, 0.29) is 4.90 Å². The van der Waals surface area contributed by atoms with Crippen LogP contribution >= 0.6 is 0 Å². The molecule has 7 nitrogen and oxygen atoms in total. The summed E-state index contributed by atoms with van der Waals surface area (Å²) in [6, 6.07) is 9.62. The summed E-state index contributed by atoms with van der Waals surface area (Å²) in [4.78, 5) is 12.7. The molecule has 0 radical (unpaired) electrons. The molecule has 1 aliphatic heterocycles. The lowest BCUT2D eigenvalue weighted by Crippen LogP contribution is -2.23. The molecular formula is C18H20N2O5S. The lowest BCUT2D eigenvalue weighted by Gasteiger charge is -2.19. The molecule has 1 N–H and O–H groups in total. The predicted octanol–water partition coefficient (Wildman–Crippen LogP) is 2.27. The number of carbonyl (C=O) groups is 1.